The third-order valence-electron chi connectivity index (χ3n) is 2.29. The number of hydrogen-bond donors (Lipinski definition) is 2. The van der Waals surface area contributed by atoms with Crippen molar-refractivity contribution >= 4 is 17.2 Å². The van der Waals surface area contributed by atoms with Gasteiger partial charge in [0.25, 0.3) is 0 Å². The van der Waals surface area contributed by atoms with Gasteiger partial charge in [0.1, 0.15) is 5.84 Å². The summed E-state index contributed by atoms with van der Waals surface area (Å²) in [5.41, 5.74) is 6.70. The molecule has 16 heavy (non-hydrogen) atoms. The van der Waals surface area contributed by atoms with Gasteiger partial charge in [-0.1, -0.05) is 30.3 Å². The minimum atomic E-state index is 0.100. The topological polar surface area (TPSA) is 62.8 Å². The lowest BCUT2D eigenvalue weighted by molar-refractivity contribution is 0.944. The van der Waals surface area contributed by atoms with Crippen LogP contribution in [0.25, 0.3) is 0 Å². The van der Waals surface area contributed by atoms with Crippen molar-refractivity contribution in [1.82, 2.24) is 4.98 Å². The molecule has 0 aliphatic heterocycles. The Hall–Kier alpha value is -1.68. The molecule has 0 aliphatic rings. The van der Waals surface area contributed by atoms with Crippen molar-refractivity contribution in [3.8, 4) is 0 Å². The van der Waals surface area contributed by atoms with Crippen LogP contribution in [0.5, 0.6) is 0 Å². The van der Waals surface area contributed by atoms with Gasteiger partial charge in [-0.25, -0.2) is 4.98 Å². The van der Waals surface area contributed by atoms with Gasteiger partial charge in [0.05, 0.1) is 9.88 Å². The third kappa shape index (κ3) is 2.67. The normalized spacial score (nSPS) is 10.2. The number of benzene rings is 1. The summed E-state index contributed by atoms with van der Waals surface area (Å²) in [5.74, 6) is 0.100. The summed E-state index contributed by atoms with van der Waals surface area (Å²) in [6, 6.07) is 10.3. The van der Waals surface area contributed by atoms with Crippen LogP contribution in [0.2, 0.25) is 0 Å². The summed E-state index contributed by atoms with van der Waals surface area (Å²) < 4.78 is 0. The Morgan fingerprint density at radius 2 is 2.00 bits per heavy atom. The molecule has 0 saturated carbocycles. The van der Waals surface area contributed by atoms with Gasteiger partial charge < -0.3 is 5.73 Å². The maximum absolute atomic E-state index is 7.29. The van der Waals surface area contributed by atoms with E-state index in [4.69, 9.17) is 11.1 Å². The highest BCUT2D eigenvalue weighted by molar-refractivity contribution is 7.13. The zero-order valence-electron chi connectivity index (χ0n) is 8.81. The molecule has 82 valence electrons. The van der Waals surface area contributed by atoms with E-state index in [9.17, 15) is 0 Å². The molecule has 0 spiro atoms. The fourth-order valence-corrected chi connectivity index (χ4v) is 2.23. The number of aryl methyl sites for hydroxylation is 2. The second-order valence-electron chi connectivity index (χ2n) is 3.52. The monoisotopic (exact) mass is 231 g/mol. The maximum atomic E-state index is 7.29. The Kier molecular flexibility index (Phi) is 3.31. The molecule has 0 atom stereocenters. The molecule has 0 saturated heterocycles. The highest BCUT2D eigenvalue weighted by Crippen LogP contribution is 2.14. The van der Waals surface area contributed by atoms with Crippen molar-refractivity contribution in [1.29, 1.82) is 5.41 Å². The van der Waals surface area contributed by atoms with E-state index >= 15 is 0 Å². The van der Waals surface area contributed by atoms with Crippen molar-refractivity contribution in [3.05, 3.63) is 52.0 Å². The molecule has 0 fully saturated rings. The van der Waals surface area contributed by atoms with Gasteiger partial charge in [0, 0.05) is 12.6 Å². The SMILES string of the molecule is N=C(N)c1cnc(CCc2ccccc2)s1. The Bertz CT molecular complexity index is 476. The molecule has 4 heteroatoms. The van der Waals surface area contributed by atoms with Gasteiger partial charge >= 0.3 is 0 Å². The zero-order chi connectivity index (χ0) is 11.4. The number of rotatable bonds is 4. The molecule has 0 aliphatic carbocycles. The van der Waals surface area contributed by atoms with Crippen LogP contribution in [0.15, 0.2) is 36.5 Å². The van der Waals surface area contributed by atoms with E-state index in [0.29, 0.717) is 0 Å². The number of aromatic nitrogens is 1. The average molecular weight is 231 g/mol. The fourth-order valence-electron chi connectivity index (χ4n) is 1.45. The molecule has 1 heterocycles. The number of hydrogen-bond acceptors (Lipinski definition) is 3. The summed E-state index contributed by atoms with van der Waals surface area (Å²) in [4.78, 5) is 5.00. The summed E-state index contributed by atoms with van der Waals surface area (Å²) in [6.07, 6.45) is 3.56. The Morgan fingerprint density at radius 3 is 2.62 bits per heavy atom. The molecule has 3 N–H and O–H groups in total. The standard InChI is InChI=1S/C12H13N3S/c13-12(14)10-8-15-11(16-10)7-6-9-4-2-1-3-5-9/h1-5,8H,6-7H2,(H3,13,14). The lowest BCUT2D eigenvalue weighted by atomic mass is 10.1. The summed E-state index contributed by atoms with van der Waals surface area (Å²) in [5, 5.41) is 8.33. The van der Waals surface area contributed by atoms with E-state index in [1.165, 1.54) is 16.9 Å². The minimum Gasteiger partial charge on any atom is -0.383 e. The van der Waals surface area contributed by atoms with E-state index < -0.39 is 0 Å². The van der Waals surface area contributed by atoms with Crippen molar-refractivity contribution in [3.63, 3.8) is 0 Å². The first-order valence-corrected chi connectivity index (χ1v) is 5.90. The Balaban J connectivity index is 1.97. The number of nitrogens with two attached hydrogens (primary N) is 1. The molecule has 0 bridgehead atoms. The van der Waals surface area contributed by atoms with Crippen molar-refractivity contribution in [2.75, 3.05) is 0 Å². The molecular weight excluding hydrogens is 218 g/mol. The first-order chi connectivity index (χ1) is 7.75. The van der Waals surface area contributed by atoms with Crippen molar-refractivity contribution in [2.24, 2.45) is 5.73 Å². The van der Waals surface area contributed by atoms with Crippen LogP contribution < -0.4 is 5.73 Å². The fraction of sp³-hybridized carbons (Fsp3) is 0.167. The predicted octanol–water partition coefficient (Wildman–Crippen LogP) is 2.21. The molecule has 1 aromatic carbocycles. The van der Waals surface area contributed by atoms with E-state index in [1.54, 1.807) is 6.20 Å². The first-order valence-electron chi connectivity index (χ1n) is 5.09. The molecule has 2 aromatic rings. The zero-order valence-corrected chi connectivity index (χ0v) is 9.63. The van der Waals surface area contributed by atoms with Crippen LogP contribution in [-0.4, -0.2) is 10.8 Å². The van der Waals surface area contributed by atoms with Gasteiger partial charge in [-0.15, -0.1) is 11.3 Å². The van der Waals surface area contributed by atoms with Crippen LogP contribution in [0.1, 0.15) is 15.4 Å². The molecule has 1 aromatic heterocycles. The summed E-state index contributed by atoms with van der Waals surface area (Å²) in [7, 11) is 0. The first kappa shape index (κ1) is 10.8. The lowest BCUT2D eigenvalue weighted by Gasteiger charge is -1.97. The molecule has 2 rings (SSSR count). The quantitative estimate of drug-likeness (QED) is 0.626. The third-order valence-corrected chi connectivity index (χ3v) is 3.38. The van der Waals surface area contributed by atoms with E-state index in [2.05, 4.69) is 17.1 Å². The summed E-state index contributed by atoms with van der Waals surface area (Å²) in [6.45, 7) is 0. The van der Waals surface area contributed by atoms with Crippen LogP contribution in [0.4, 0.5) is 0 Å². The molecule has 3 nitrogen and oxygen atoms in total. The second kappa shape index (κ2) is 4.90. The van der Waals surface area contributed by atoms with E-state index in [-0.39, 0.29) is 5.84 Å². The number of nitrogen functional groups attached to an aromatic ring is 1. The van der Waals surface area contributed by atoms with E-state index in [1.807, 2.05) is 18.2 Å². The average Bonchev–Trinajstić information content (AvgIpc) is 2.76. The largest absolute Gasteiger partial charge is 0.383 e. The molecular formula is C12H13N3S. The number of nitrogens with zero attached hydrogens (tertiary/aromatic N) is 1. The van der Waals surface area contributed by atoms with Gasteiger partial charge in [0.2, 0.25) is 0 Å². The molecule has 0 amide bonds. The highest BCUT2D eigenvalue weighted by Gasteiger charge is 2.04. The predicted molar refractivity (Wildman–Crippen MR) is 67.0 cm³/mol. The second-order valence-corrected chi connectivity index (χ2v) is 4.63. The molecule has 0 radical (unpaired) electrons. The van der Waals surface area contributed by atoms with Gasteiger partial charge in [-0.2, -0.15) is 0 Å². The van der Waals surface area contributed by atoms with Gasteiger partial charge in [-0.3, -0.25) is 5.41 Å². The number of nitrogens with one attached hydrogen (secondary N) is 1. The van der Waals surface area contributed by atoms with Crippen molar-refractivity contribution < 1.29 is 0 Å². The Morgan fingerprint density at radius 1 is 1.25 bits per heavy atom. The van der Waals surface area contributed by atoms with E-state index in [0.717, 1.165) is 22.7 Å². The van der Waals surface area contributed by atoms with Gasteiger partial charge in [0.15, 0.2) is 0 Å². The highest BCUT2D eigenvalue weighted by atomic mass is 32.1. The number of amidine groups is 1. The molecule has 0 unspecified atom stereocenters. The Labute approximate surface area is 98.5 Å². The van der Waals surface area contributed by atoms with Crippen LogP contribution in [-0.2, 0) is 12.8 Å². The smallest absolute Gasteiger partial charge is 0.134 e. The van der Waals surface area contributed by atoms with Crippen LogP contribution in [0.3, 0.4) is 0 Å². The van der Waals surface area contributed by atoms with Crippen LogP contribution in [0, 0.1) is 5.41 Å². The summed E-state index contributed by atoms with van der Waals surface area (Å²) >= 11 is 1.50. The number of thiazole rings is 1. The van der Waals surface area contributed by atoms with Crippen LogP contribution >= 0.6 is 11.3 Å². The maximum Gasteiger partial charge on any atom is 0.134 e. The minimum absolute atomic E-state index is 0.100. The van der Waals surface area contributed by atoms with Gasteiger partial charge in [-0.05, 0) is 12.0 Å². The lowest BCUT2D eigenvalue weighted by Crippen LogP contribution is -2.08. The van der Waals surface area contributed by atoms with Crippen molar-refractivity contribution in [2.45, 2.75) is 12.8 Å².